The topological polar surface area (TPSA) is 24.5 Å². The molecule has 2 heterocycles. The van der Waals surface area contributed by atoms with Crippen LogP contribution in [-0.4, -0.2) is 49.8 Å². The van der Waals surface area contributed by atoms with Crippen LogP contribution in [0.4, 0.5) is 0 Å². The highest BCUT2D eigenvalue weighted by Gasteiger charge is 2.26. The van der Waals surface area contributed by atoms with Gasteiger partial charge in [0.05, 0.1) is 6.61 Å². The van der Waals surface area contributed by atoms with Crippen molar-refractivity contribution in [2.24, 2.45) is 5.92 Å². The van der Waals surface area contributed by atoms with E-state index in [1.165, 1.54) is 51.7 Å². The van der Waals surface area contributed by atoms with Crippen LogP contribution >= 0.6 is 0 Å². The van der Waals surface area contributed by atoms with Gasteiger partial charge in [0.1, 0.15) is 0 Å². The second-order valence-electron chi connectivity index (χ2n) is 6.08. The molecule has 3 nitrogen and oxygen atoms in total. The van der Waals surface area contributed by atoms with Crippen LogP contribution in [0.15, 0.2) is 0 Å². The third kappa shape index (κ3) is 4.22. The molecular formula is C15H30N2O. The first-order chi connectivity index (χ1) is 8.79. The lowest BCUT2D eigenvalue weighted by Gasteiger charge is -2.37. The smallest absolute Gasteiger partial charge is 0.0506 e. The van der Waals surface area contributed by atoms with E-state index in [0.29, 0.717) is 12.0 Å². The van der Waals surface area contributed by atoms with Crippen LogP contribution in [0, 0.1) is 5.92 Å². The van der Waals surface area contributed by atoms with Crippen molar-refractivity contribution < 1.29 is 4.74 Å². The largest absolute Gasteiger partial charge is 0.381 e. The molecule has 2 saturated heterocycles. The number of hydrogen-bond donors (Lipinski definition) is 1. The number of unbranched alkanes of at least 4 members (excludes halogenated alkanes) is 1. The van der Waals surface area contributed by atoms with E-state index < -0.39 is 0 Å². The molecule has 2 aliphatic heterocycles. The quantitative estimate of drug-likeness (QED) is 0.814. The molecule has 2 aliphatic rings. The Balaban J connectivity index is 1.66. The molecule has 0 bridgehead atoms. The van der Waals surface area contributed by atoms with Crippen LogP contribution in [0.25, 0.3) is 0 Å². The molecule has 18 heavy (non-hydrogen) atoms. The molecule has 106 valence electrons. The Bertz CT molecular complexity index is 227. The van der Waals surface area contributed by atoms with Crippen molar-refractivity contribution in [1.82, 2.24) is 10.2 Å². The van der Waals surface area contributed by atoms with E-state index in [1.807, 2.05) is 0 Å². The number of rotatable bonds is 5. The first-order valence-corrected chi connectivity index (χ1v) is 7.85. The Morgan fingerprint density at radius 1 is 1.22 bits per heavy atom. The predicted molar refractivity (Wildman–Crippen MR) is 75.9 cm³/mol. The first kappa shape index (κ1) is 14.3. The van der Waals surface area contributed by atoms with Crippen molar-refractivity contribution in [3.8, 4) is 0 Å². The van der Waals surface area contributed by atoms with Gasteiger partial charge < -0.3 is 15.0 Å². The highest BCUT2D eigenvalue weighted by molar-refractivity contribution is 4.84. The molecule has 3 heteroatoms. The summed E-state index contributed by atoms with van der Waals surface area (Å²) in [5.74, 6) is 0.678. The molecule has 0 aromatic rings. The highest BCUT2D eigenvalue weighted by Crippen LogP contribution is 2.18. The summed E-state index contributed by atoms with van der Waals surface area (Å²) in [6.45, 7) is 10.3. The van der Waals surface area contributed by atoms with Crippen LogP contribution in [0.1, 0.15) is 46.0 Å². The average molecular weight is 254 g/mol. The van der Waals surface area contributed by atoms with Crippen LogP contribution < -0.4 is 5.32 Å². The molecule has 0 saturated carbocycles. The second kappa shape index (κ2) is 7.46. The molecule has 0 aliphatic carbocycles. The molecule has 0 spiro atoms. The first-order valence-electron chi connectivity index (χ1n) is 7.85. The van der Waals surface area contributed by atoms with Gasteiger partial charge >= 0.3 is 0 Å². The van der Waals surface area contributed by atoms with E-state index in [0.717, 1.165) is 19.3 Å². The minimum Gasteiger partial charge on any atom is -0.381 e. The van der Waals surface area contributed by atoms with Crippen molar-refractivity contribution in [2.75, 3.05) is 32.8 Å². The van der Waals surface area contributed by atoms with E-state index in [-0.39, 0.29) is 0 Å². The third-order valence-corrected chi connectivity index (χ3v) is 4.51. The summed E-state index contributed by atoms with van der Waals surface area (Å²) in [5.41, 5.74) is 0. The van der Waals surface area contributed by atoms with Gasteiger partial charge in [0.15, 0.2) is 0 Å². The predicted octanol–water partition coefficient (Wildman–Crippen LogP) is 2.27. The Morgan fingerprint density at radius 2 is 2.00 bits per heavy atom. The van der Waals surface area contributed by atoms with Gasteiger partial charge in [-0.3, -0.25) is 0 Å². The van der Waals surface area contributed by atoms with Crippen molar-refractivity contribution in [3.63, 3.8) is 0 Å². The normalized spacial score (nSPS) is 31.7. The third-order valence-electron chi connectivity index (χ3n) is 4.51. The lowest BCUT2D eigenvalue weighted by Crippen LogP contribution is -2.50. The minimum absolute atomic E-state index is 0.678. The van der Waals surface area contributed by atoms with Gasteiger partial charge in [0.2, 0.25) is 0 Å². The van der Waals surface area contributed by atoms with Gasteiger partial charge in [-0.1, -0.05) is 20.3 Å². The maximum atomic E-state index is 5.51. The molecular weight excluding hydrogens is 224 g/mol. The Morgan fingerprint density at radius 3 is 2.67 bits per heavy atom. The Labute approximate surface area is 112 Å². The monoisotopic (exact) mass is 254 g/mol. The van der Waals surface area contributed by atoms with Crippen molar-refractivity contribution >= 4 is 0 Å². The van der Waals surface area contributed by atoms with Gasteiger partial charge in [-0.15, -0.1) is 0 Å². The molecule has 0 aromatic heterocycles. The summed E-state index contributed by atoms with van der Waals surface area (Å²) in [6, 6.07) is 1.43. The summed E-state index contributed by atoms with van der Waals surface area (Å²) in [7, 11) is 0. The summed E-state index contributed by atoms with van der Waals surface area (Å²) in [5, 5.41) is 3.88. The highest BCUT2D eigenvalue weighted by atomic mass is 16.5. The van der Waals surface area contributed by atoms with E-state index in [2.05, 4.69) is 24.1 Å². The zero-order valence-electron chi connectivity index (χ0n) is 12.2. The van der Waals surface area contributed by atoms with E-state index in [9.17, 15) is 0 Å². The molecule has 2 unspecified atom stereocenters. The fourth-order valence-corrected chi connectivity index (χ4v) is 3.14. The fraction of sp³-hybridized carbons (Fsp3) is 1.00. The molecule has 0 radical (unpaired) electrons. The minimum atomic E-state index is 0.678. The molecule has 2 fully saturated rings. The zero-order valence-corrected chi connectivity index (χ0v) is 12.2. The molecule has 0 amide bonds. The van der Waals surface area contributed by atoms with E-state index >= 15 is 0 Å². The van der Waals surface area contributed by atoms with Crippen LogP contribution in [0.2, 0.25) is 0 Å². The van der Waals surface area contributed by atoms with Crippen LogP contribution in [0.3, 0.4) is 0 Å². The van der Waals surface area contributed by atoms with E-state index in [4.69, 9.17) is 4.74 Å². The standard InChI is InChI=1S/C15H30N2O/c1-3-4-8-17-9-5-14(6-10-17)16-15-7-11-18-12-13(15)2/h13-16H,3-12H2,1-2H3. The van der Waals surface area contributed by atoms with E-state index in [1.54, 1.807) is 0 Å². The fourth-order valence-electron chi connectivity index (χ4n) is 3.14. The summed E-state index contributed by atoms with van der Waals surface area (Å²) >= 11 is 0. The summed E-state index contributed by atoms with van der Waals surface area (Å²) in [6.07, 6.45) is 6.52. The van der Waals surface area contributed by atoms with Gasteiger partial charge in [-0.2, -0.15) is 0 Å². The van der Waals surface area contributed by atoms with Crippen molar-refractivity contribution in [3.05, 3.63) is 0 Å². The number of ether oxygens (including phenoxy) is 1. The van der Waals surface area contributed by atoms with Crippen LogP contribution in [-0.2, 0) is 4.74 Å². The second-order valence-corrected chi connectivity index (χ2v) is 6.08. The molecule has 1 N–H and O–H groups in total. The van der Waals surface area contributed by atoms with Crippen molar-refractivity contribution in [2.45, 2.75) is 58.0 Å². The van der Waals surface area contributed by atoms with Gasteiger partial charge in [-0.05, 0) is 51.2 Å². The zero-order chi connectivity index (χ0) is 12.8. The van der Waals surface area contributed by atoms with Crippen molar-refractivity contribution in [1.29, 1.82) is 0 Å². The Kier molecular flexibility index (Phi) is 5.93. The number of nitrogens with one attached hydrogen (secondary N) is 1. The number of nitrogens with zero attached hydrogens (tertiary/aromatic N) is 1. The Hall–Kier alpha value is -0.120. The van der Waals surface area contributed by atoms with Gasteiger partial charge in [0.25, 0.3) is 0 Å². The summed E-state index contributed by atoms with van der Waals surface area (Å²) in [4.78, 5) is 2.63. The maximum Gasteiger partial charge on any atom is 0.0506 e. The number of hydrogen-bond acceptors (Lipinski definition) is 3. The van der Waals surface area contributed by atoms with Crippen LogP contribution in [0.5, 0.6) is 0 Å². The number of likely N-dealkylation sites (tertiary alicyclic amines) is 1. The van der Waals surface area contributed by atoms with Gasteiger partial charge in [0, 0.05) is 18.7 Å². The maximum absolute atomic E-state index is 5.51. The SMILES string of the molecule is CCCCN1CCC(NC2CCOCC2C)CC1. The lowest BCUT2D eigenvalue weighted by molar-refractivity contribution is 0.0325. The average Bonchev–Trinajstić information content (AvgIpc) is 2.41. The number of piperidine rings is 1. The molecule has 0 aromatic carbocycles. The molecule has 2 rings (SSSR count). The lowest BCUT2D eigenvalue weighted by atomic mass is 9.95. The molecule has 2 atom stereocenters. The summed E-state index contributed by atoms with van der Waals surface area (Å²) < 4.78 is 5.51. The van der Waals surface area contributed by atoms with Gasteiger partial charge in [-0.25, -0.2) is 0 Å².